The molecule has 0 aliphatic carbocycles. The van der Waals surface area contributed by atoms with E-state index in [1.54, 1.807) is 18.2 Å². The minimum atomic E-state index is -4.00. The van der Waals surface area contributed by atoms with Crippen molar-refractivity contribution in [2.75, 3.05) is 35.9 Å². The Bertz CT molecular complexity index is 1430. The zero-order valence-electron chi connectivity index (χ0n) is 24.1. The van der Waals surface area contributed by atoms with E-state index in [0.29, 0.717) is 23.7 Å². The van der Waals surface area contributed by atoms with Crippen LogP contribution in [0.5, 0.6) is 11.5 Å². The van der Waals surface area contributed by atoms with Crippen molar-refractivity contribution in [3.8, 4) is 11.5 Å². The minimum Gasteiger partial charge on any atom is -0.497 e. The predicted octanol–water partition coefficient (Wildman–Crippen LogP) is 5.11. The Hall–Kier alpha value is -3.72. The van der Waals surface area contributed by atoms with E-state index in [-0.39, 0.29) is 22.8 Å². The van der Waals surface area contributed by atoms with Crippen molar-refractivity contribution in [3.63, 3.8) is 0 Å². The number of anilines is 2. The molecule has 1 N–H and O–H groups in total. The summed E-state index contributed by atoms with van der Waals surface area (Å²) >= 11 is 0. The smallest absolute Gasteiger partial charge is 0.264 e. The van der Waals surface area contributed by atoms with Gasteiger partial charge in [0.25, 0.3) is 15.9 Å². The number of hydrogen-bond acceptors (Lipinski definition) is 6. The van der Waals surface area contributed by atoms with Crippen LogP contribution in [0.1, 0.15) is 45.7 Å². The van der Waals surface area contributed by atoms with Gasteiger partial charge in [-0.15, -0.1) is 0 Å². The van der Waals surface area contributed by atoms with Gasteiger partial charge < -0.3 is 19.7 Å². The number of ether oxygens (including phenoxy) is 2. The lowest BCUT2D eigenvalue weighted by atomic mass is 9.86. The molecule has 3 aromatic carbocycles. The molecule has 4 rings (SSSR count). The van der Waals surface area contributed by atoms with Crippen LogP contribution in [-0.4, -0.2) is 47.2 Å². The van der Waals surface area contributed by atoms with E-state index in [2.05, 4.69) is 44.8 Å². The molecule has 0 spiro atoms. The lowest BCUT2D eigenvalue weighted by Gasteiger charge is -2.36. The first-order chi connectivity index (χ1) is 19.0. The summed E-state index contributed by atoms with van der Waals surface area (Å²) in [6, 6.07) is 19.8. The molecular weight excluding hydrogens is 526 g/mol. The summed E-state index contributed by atoms with van der Waals surface area (Å²) in [4.78, 5) is 15.6. The number of hydrogen-bond donors (Lipinski definition) is 1. The second kappa shape index (κ2) is 11.8. The summed E-state index contributed by atoms with van der Waals surface area (Å²) in [5.74, 6) is 0.520. The molecule has 0 saturated carbocycles. The fraction of sp³-hybridized carbons (Fsp3) is 0.387. The average Bonchev–Trinajstić information content (AvgIpc) is 2.95. The van der Waals surface area contributed by atoms with Crippen molar-refractivity contribution in [2.45, 2.75) is 57.6 Å². The molecular formula is C31H39N3O5S. The van der Waals surface area contributed by atoms with Crippen molar-refractivity contribution in [3.05, 3.63) is 77.9 Å². The number of nitrogens with one attached hydrogen (secondary N) is 1. The first kappa shape index (κ1) is 29.3. The van der Waals surface area contributed by atoms with Gasteiger partial charge >= 0.3 is 0 Å². The molecule has 1 aliphatic heterocycles. The maximum Gasteiger partial charge on any atom is 0.264 e. The highest BCUT2D eigenvalue weighted by molar-refractivity contribution is 7.92. The Morgan fingerprint density at radius 1 is 1.02 bits per heavy atom. The molecule has 1 aliphatic rings. The van der Waals surface area contributed by atoms with Crippen LogP contribution in [0, 0.1) is 0 Å². The maximum atomic E-state index is 13.9. The van der Waals surface area contributed by atoms with Crippen molar-refractivity contribution < 1.29 is 22.7 Å². The van der Waals surface area contributed by atoms with Crippen LogP contribution >= 0.6 is 0 Å². The highest BCUT2D eigenvalue weighted by atomic mass is 32.2. The fourth-order valence-electron chi connectivity index (χ4n) is 4.67. The topological polar surface area (TPSA) is 88.2 Å². The molecule has 0 radical (unpaired) electrons. The first-order valence-electron chi connectivity index (χ1n) is 13.6. The lowest BCUT2D eigenvalue weighted by Crippen LogP contribution is -2.50. The van der Waals surface area contributed by atoms with Crippen molar-refractivity contribution in [1.82, 2.24) is 5.32 Å². The SMILES string of the molecule is CCN(CC)c1ccc(CNC(=O)[C@@H]2CN(S(=O)(=O)c3ccc(OC)cc3)c3cc(C(C)(C)C)ccc3O2)cc1. The number of carbonyl (C=O) groups excluding carboxylic acids is 1. The number of rotatable bonds is 9. The van der Waals surface area contributed by atoms with E-state index >= 15 is 0 Å². The van der Waals surface area contributed by atoms with Crippen LogP contribution in [0.15, 0.2) is 71.6 Å². The van der Waals surface area contributed by atoms with Crippen molar-refractivity contribution >= 4 is 27.3 Å². The molecule has 1 heterocycles. The Morgan fingerprint density at radius 2 is 1.68 bits per heavy atom. The number of amides is 1. The Balaban J connectivity index is 1.59. The van der Waals surface area contributed by atoms with Crippen LogP contribution in [0.4, 0.5) is 11.4 Å². The third kappa shape index (κ3) is 6.20. The van der Waals surface area contributed by atoms with Crippen molar-refractivity contribution in [2.24, 2.45) is 0 Å². The van der Waals surface area contributed by atoms with Gasteiger partial charge in [-0.2, -0.15) is 0 Å². The average molecular weight is 566 g/mol. The third-order valence-corrected chi connectivity index (χ3v) is 8.96. The Labute approximate surface area is 238 Å². The molecule has 8 nitrogen and oxygen atoms in total. The molecule has 3 aromatic rings. The minimum absolute atomic E-state index is 0.106. The van der Waals surface area contributed by atoms with Gasteiger partial charge in [0.1, 0.15) is 11.5 Å². The number of carbonyl (C=O) groups is 1. The standard InChI is InChI=1S/C31H39N3O5S/c1-7-33(8-2)24-12-9-22(10-13-24)20-32-30(35)29-21-34(40(36,37)26-16-14-25(38-6)15-17-26)27-19-23(31(3,4)5)11-18-28(27)39-29/h9-19,29H,7-8,20-21H2,1-6H3,(H,32,35)/t29-/m0/s1. The molecule has 214 valence electrons. The van der Waals surface area contributed by atoms with Crippen LogP contribution in [0.25, 0.3) is 0 Å². The van der Waals surface area contributed by atoms with Gasteiger partial charge in [-0.1, -0.05) is 39.0 Å². The molecule has 0 saturated heterocycles. The molecule has 9 heteroatoms. The summed E-state index contributed by atoms with van der Waals surface area (Å²) in [6.07, 6.45) is -1.02. The normalized spacial score (nSPS) is 15.2. The number of nitrogens with zero attached hydrogens (tertiary/aromatic N) is 2. The molecule has 0 aromatic heterocycles. The number of methoxy groups -OCH3 is 1. The van der Waals surface area contributed by atoms with Gasteiger partial charge in [-0.05, 0) is 78.9 Å². The monoisotopic (exact) mass is 565 g/mol. The number of sulfonamides is 1. The zero-order chi connectivity index (χ0) is 29.1. The van der Waals surface area contributed by atoms with E-state index in [9.17, 15) is 13.2 Å². The molecule has 0 bridgehead atoms. The number of fused-ring (bicyclic) bond motifs is 1. The lowest BCUT2D eigenvalue weighted by molar-refractivity contribution is -0.127. The van der Waals surface area contributed by atoms with Gasteiger partial charge in [-0.25, -0.2) is 8.42 Å². The Kier molecular flexibility index (Phi) is 8.63. The quantitative estimate of drug-likeness (QED) is 0.388. The van der Waals surface area contributed by atoms with E-state index in [1.807, 2.05) is 36.4 Å². The number of benzene rings is 3. The van der Waals surface area contributed by atoms with E-state index in [4.69, 9.17) is 9.47 Å². The van der Waals surface area contributed by atoms with Crippen LogP contribution in [-0.2, 0) is 26.8 Å². The van der Waals surface area contributed by atoms with Gasteiger partial charge in [0, 0.05) is 25.3 Å². The van der Waals surface area contributed by atoms with Crippen LogP contribution < -0.4 is 24.0 Å². The molecule has 40 heavy (non-hydrogen) atoms. The second-order valence-electron chi connectivity index (χ2n) is 10.8. The van der Waals surface area contributed by atoms with Crippen LogP contribution in [0.3, 0.4) is 0 Å². The summed E-state index contributed by atoms with van der Waals surface area (Å²) < 4.78 is 40.3. The molecule has 0 unspecified atom stereocenters. The Morgan fingerprint density at radius 3 is 2.25 bits per heavy atom. The van der Waals surface area contributed by atoms with Crippen molar-refractivity contribution in [1.29, 1.82) is 0 Å². The zero-order valence-corrected chi connectivity index (χ0v) is 24.9. The summed E-state index contributed by atoms with van der Waals surface area (Å²) in [5.41, 5.74) is 3.24. The summed E-state index contributed by atoms with van der Waals surface area (Å²) in [5, 5.41) is 2.92. The van der Waals surface area contributed by atoms with Gasteiger partial charge in [-0.3, -0.25) is 9.10 Å². The maximum absolute atomic E-state index is 13.9. The molecule has 1 amide bonds. The van der Waals surface area contributed by atoms with E-state index in [1.165, 1.54) is 23.5 Å². The summed E-state index contributed by atoms with van der Waals surface area (Å²) in [6.45, 7) is 12.4. The third-order valence-electron chi connectivity index (χ3n) is 7.17. The fourth-order valence-corrected chi connectivity index (χ4v) is 6.14. The van der Waals surface area contributed by atoms with Gasteiger partial charge in [0.2, 0.25) is 0 Å². The molecule has 1 atom stereocenters. The second-order valence-corrected chi connectivity index (χ2v) is 12.7. The predicted molar refractivity (Wildman–Crippen MR) is 159 cm³/mol. The van der Waals surface area contributed by atoms with E-state index < -0.39 is 16.1 Å². The van der Waals surface area contributed by atoms with Gasteiger partial charge in [0.05, 0.1) is 24.2 Å². The first-order valence-corrected chi connectivity index (χ1v) is 15.0. The van der Waals surface area contributed by atoms with E-state index in [0.717, 1.165) is 29.9 Å². The highest BCUT2D eigenvalue weighted by Crippen LogP contribution is 2.40. The highest BCUT2D eigenvalue weighted by Gasteiger charge is 2.38. The van der Waals surface area contributed by atoms with Gasteiger partial charge in [0.15, 0.2) is 6.10 Å². The summed E-state index contributed by atoms with van der Waals surface area (Å²) in [7, 11) is -2.48. The van der Waals surface area contributed by atoms with Crippen LogP contribution in [0.2, 0.25) is 0 Å². The largest absolute Gasteiger partial charge is 0.497 e. The molecule has 0 fully saturated rings.